The van der Waals surface area contributed by atoms with Crippen LogP contribution in [0.15, 0.2) is 42.5 Å². The molecule has 0 saturated carbocycles. The lowest BCUT2D eigenvalue weighted by atomic mass is 10.1. The van der Waals surface area contributed by atoms with E-state index in [2.05, 4.69) is 0 Å². The van der Waals surface area contributed by atoms with Gasteiger partial charge in [0.25, 0.3) is 0 Å². The summed E-state index contributed by atoms with van der Waals surface area (Å²) in [4.78, 5) is 22.2. The highest BCUT2D eigenvalue weighted by atomic mass is 16.1. The normalized spacial score (nSPS) is 10.5. The highest BCUT2D eigenvalue weighted by Crippen LogP contribution is 2.01. The molecule has 0 N–H and O–H groups in total. The maximum absolute atomic E-state index is 11.5. The van der Waals surface area contributed by atoms with E-state index in [9.17, 15) is 9.59 Å². The first kappa shape index (κ1) is 11.4. The van der Waals surface area contributed by atoms with E-state index >= 15 is 0 Å². The van der Waals surface area contributed by atoms with Gasteiger partial charge in [0, 0.05) is 12.0 Å². The molecule has 0 atom stereocenters. The van der Waals surface area contributed by atoms with Gasteiger partial charge in [0.05, 0.1) is 0 Å². The van der Waals surface area contributed by atoms with Crippen molar-refractivity contribution in [3.63, 3.8) is 0 Å². The Labute approximate surface area is 89.6 Å². The van der Waals surface area contributed by atoms with Crippen LogP contribution in [-0.4, -0.2) is 11.6 Å². The van der Waals surface area contributed by atoms with Crippen molar-refractivity contribution in [2.45, 2.75) is 19.8 Å². The fraction of sp³-hybridized carbons (Fsp3) is 0.231. The van der Waals surface area contributed by atoms with Gasteiger partial charge in [-0.3, -0.25) is 4.79 Å². The van der Waals surface area contributed by atoms with E-state index in [1.165, 1.54) is 6.08 Å². The Kier molecular flexibility index (Phi) is 4.48. The standard InChI is InChI=1S/C13H14O2/c1-11(14)7-5-6-10-13(15)12-8-3-2-4-9-12/h2-4,6,8-10H,5,7H2,1H3/b10-6+. The van der Waals surface area contributed by atoms with Gasteiger partial charge in [0.2, 0.25) is 0 Å². The van der Waals surface area contributed by atoms with Crippen LogP contribution in [0.2, 0.25) is 0 Å². The number of carbonyl (C=O) groups is 2. The minimum absolute atomic E-state index is 0.0147. The van der Waals surface area contributed by atoms with Gasteiger partial charge in [-0.2, -0.15) is 0 Å². The van der Waals surface area contributed by atoms with Gasteiger partial charge >= 0.3 is 0 Å². The smallest absolute Gasteiger partial charge is 0.185 e. The first-order chi connectivity index (χ1) is 7.20. The highest BCUT2D eigenvalue weighted by molar-refractivity contribution is 6.04. The number of benzene rings is 1. The lowest BCUT2D eigenvalue weighted by Crippen LogP contribution is -1.93. The Morgan fingerprint density at radius 1 is 1.20 bits per heavy atom. The van der Waals surface area contributed by atoms with E-state index in [-0.39, 0.29) is 11.6 Å². The Morgan fingerprint density at radius 3 is 2.47 bits per heavy atom. The lowest BCUT2D eigenvalue weighted by molar-refractivity contribution is -0.116. The van der Waals surface area contributed by atoms with Crippen LogP contribution in [0.5, 0.6) is 0 Å². The van der Waals surface area contributed by atoms with Crippen molar-refractivity contribution in [2.24, 2.45) is 0 Å². The molecule has 78 valence electrons. The molecule has 0 aliphatic rings. The van der Waals surface area contributed by atoms with Crippen molar-refractivity contribution in [2.75, 3.05) is 0 Å². The van der Waals surface area contributed by atoms with E-state index in [1.54, 1.807) is 25.1 Å². The number of carbonyl (C=O) groups excluding carboxylic acids is 2. The summed E-state index contributed by atoms with van der Waals surface area (Å²) in [5, 5.41) is 0. The van der Waals surface area contributed by atoms with Crippen LogP contribution >= 0.6 is 0 Å². The minimum atomic E-state index is -0.0147. The first-order valence-corrected chi connectivity index (χ1v) is 4.95. The second kappa shape index (κ2) is 5.91. The summed E-state index contributed by atoms with van der Waals surface area (Å²) < 4.78 is 0. The summed E-state index contributed by atoms with van der Waals surface area (Å²) in [5.74, 6) is 0.131. The minimum Gasteiger partial charge on any atom is -0.300 e. The van der Waals surface area contributed by atoms with Gasteiger partial charge in [-0.1, -0.05) is 36.4 Å². The van der Waals surface area contributed by atoms with Crippen molar-refractivity contribution >= 4 is 11.6 Å². The molecule has 0 spiro atoms. The van der Waals surface area contributed by atoms with Gasteiger partial charge < -0.3 is 4.79 Å². The van der Waals surface area contributed by atoms with Crippen LogP contribution in [0, 0.1) is 0 Å². The van der Waals surface area contributed by atoms with Gasteiger partial charge in [-0.25, -0.2) is 0 Å². The van der Waals surface area contributed by atoms with Gasteiger partial charge in [-0.05, 0) is 19.4 Å². The van der Waals surface area contributed by atoms with Crippen LogP contribution in [-0.2, 0) is 4.79 Å². The lowest BCUT2D eigenvalue weighted by Gasteiger charge is -1.93. The van der Waals surface area contributed by atoms with E-state index in [0.29, 0.717) is 18.4 Å². The zero-order chi connectivity index (χ0) is 11.1. The second-order valence-corrected chi connectivity index (χ2v) is 3.37. The Balaban J connectivity index is 2.46. The van der Waals surface area contributed by atoms with E-state index in [0.717, 1.165) is 0 Å². The van der Waals surface area contributed by atoms with Crippen LogP contribution in [0.3, 0.4) is 0 Å². The first-order valence-electron chi connectivity index (χ1n) is 4.95. The fourth-order valence-corrected chi connectivity index (χ4v) is 1.18. The molecule has 2 heteroatoms. The topological polar surface area (TPSA) is 34.1 Å². The number of rotatable bonds is 5. The number of hydrogen-bond acceptors (Lipinski definition) is 2. The predicted molar refractivity (Wildman–Crippen MR) is 59.8 cm³/mol. The Hall–Kier alpha value is -1.70. The average Bonchev–Trinajstić information content (AvgIpc) is 2.25. The Bertz CT molecular complexity index is 363. The third-order valence-corrected chi connectivity index (χ3v) is 1.99. The van der Waals surface area contributed by atoms with Crippen molar-refractivity contribution in [3.8, 4) is 0 Å². The van der Waals surface area contributed by atoms with E-state index < -0.39 is 0 Å². The van der Waals surface area contributed by atoms with Crippen molar-refractivity contribution in [1.29, 1.82) is 0 Å². The van der Waals surface area contributed by atoms with Crippen LogP contribution in [0.1, 0.15) is 30.1 Å². The van der Waals surface area contributed by atoms with Gasteiger partial charge in [0.1, 0.15) is 5.78 Å². The summed E-state index contributed by atoms with van der Waals surface area (Å²) >= 11 is 0. The highest BCUT2D eigenvalue weighted by Gasteiger charge is 1.98. The molecule has 2 nitrogen and oxygen atoms in total. The molecule has 0 aliphatic carbocycles. The van der Waals surface area contributed by atoms with E-state index in [1.807, 2.05) is 18.2 Å². The quantitative estimate of drug-likeness (QED) is 0.543. The SMILES string of the molecule is CC(=O)CC/C=C/C(=O)c1ccccc1. The summed E-state index contributed by atoms with van der Waals surface area (Å²) in [6.45, 7) is 1.55. The molecule has 0 aromatic heterocycles. The number of ketones is 2. The van der Waals surface area contributed by atoms with Gasteiger partial charge in [0.15, 0.2) is 5.78 Å². The molecule has 0 saturated heterocycles. The third-order valence-electron chi connectivity index (χ3n) is 1.99. The molecule has 15 heavy (non-hydrogen) atoms. The third kappa shape index (κ3) is 4.36. The van der Waals surface area contributed by atoms with Crippen LogP contribution < -0.4 is 0 Å². The van der Waals surface area contributed by atoms with Gasteiger partial charge in [-0.15, -0.1) is 0 Å². The Morgan fingerprint density at radius 2 is 1.87 bits per heavy atom. The van der Waals surface area contributed by atoms with Crippen molar-refractivity contribution < 1.29 is 9.59 Å². The number of allylic oxidation sites excluding steroid dienone is 2. The molecule has 1 aromatic rings. The monoisotopic (exact) mass is 202 g/mol. The molecule has 1 rings (SSSR count). The number of hydrogen-bond donors (Lipinski definition) is 0. The summed E-state index contributed by atoms with van der Waals surface area (Å²) in [7, 11) is 0. The van der Waals surface area contributed by atoms with Crippen molar-refractivity contribution in [1.82, 2.24) is 0 Å². The molecule has 0 amide bonds. The number of Topliss-reactive ketones (excluding diaryl/α,β-unsaturated/α-hetero) is 1. The summed E-state index contributed by atoms with van der Waals surface area (Å²) in [6.07, 6.45) is 4.40. The molecule has 0 radical (unpaired) electrons. The van der Waals surface area contributed by atoms with Crippen LogP contribution in [0.4, 0.5) is 0 Å². The molecular formula is C13H14O2. The second-order valence-electron chi connectivity index (χ2n) is 3.37. The summed E-state index contributed by atoms with van der Waals surface area (Å²) in [5.41, 5.74) is 0.677. The molecule has 0 aliphatic heterocycles. The maximum atomic E-state index is 11.5. The zero-order valence-electron chi connectivity index (χ0n) is 8.77. The molecule has 0 fully saturated rings. The fourth-order valence-electron chi connectivity index (χ4n) is 1.18. The predicted octanol–water partition coefficient (Wildman–Crippen LogP) is 2.79. The van der Waals surface area contributed by atoms with Crippen LogP contribution in [0.25, 0.3) is 0 Å². The maximum Gasteiger partial charge on any atom is 0.185 e. The van der Waals surface area contributed by atoms with E-state index in [4.69, 9.17) is 0 Å². The molecule has 0 unspecified atom stereocenters. The molecule has 1 aromatic carbocycles. The zero-order valence-corrected chi connectivity index (χ0v) is 8.77. The largest absolute Gasteiger partial charge is 0.300 e. The molecule has 0 bridgehead atoms. The average molecular weight is 202 g/mol. The van der Waals surface area contributed by atoms with Crippen molar-refractivity contribution in [3.05, 3.63) is 48.0 Å². The summed E-state index contributed by atoms with van der Waals surface area (Å²) in [6, 6.07) is 9.08. The molecular weight excluding hydrogens is 188 g/mol. The molecule has 0 heterocycles.